The number of hydrogen-bond donors (Lipinski definition) is 2. The third-order valence-corrected chi connectivity index (χ3v) is 1.18. The molecular formula is C5H9N3O6. The fraction of sp³-hybridized carbons (Fsp3) is 0.600. The molecule has 0 heterocycles. The van der Waals surface area contributed by atoms with E-state index in [1.165, 1.54) is 0 Å². The van der Waals surface area contributed by atoms with Crippen LogP contribution in [0.3, 0.4) is 0 Å². The van der Waals surface area contributed by atoms with Crippen LogP contribution in [-0.4, -0.2) is 23.0 Å². The Labute approximate surface area is 78.0 Å². The Kier molecular flexibility index (Phi) is 4.92. The standard InChI is InChI=1S/C5H9N3O6/c6-3(1-2-4(7)9)5(10)13-14-8(11)12/h3H,1-2,6H2,(H2,7,9)/t3-/m0/s1. The van der Waals surface area contributed by atoms with Crippen molar-refractivity contribution in [1.29, 1.82) is 0 Å². The molecule has 0 aromatic rings. The molecule has 0 unspecified atom stereocenters. The average molecular weight is 207 g/mol. The minimum Gasteiger partial charge on any atom is -0.370 e. The quantitative estimate of drug-likeness (QED) is 0.298. The van der Waals surface area contributed by atoms with Crippen LogP contribution in [0.5, 0.6) is 0 Å². The molecule has 0 radical (unpaired) electrons. The number of primary amides is 1. The second kappa shape index (κ2) is 5.70. The van der Waals surface area contributed by atoms with Gasteiger partial charge >= 0.3 is 11.1 Å². The normalized spacial score (nSPS) is 11.5. The minimum atomic E-state index is -1.31. The first-order chi connectivity index (χ1) is 6.43. The van der Waals surface area contributed by atoms with Gasteiger partial charge in [-0.1, -0.05) is 4.99 Å². The van der Waals surface area contributed by atoms with Gasteiger partial charge in [0.1, 0.15) is 6.04 Å². The second-order valence-electron chi connectivity index (χ2n) is 2.31. The van der Waals surface area contributed by atoms with Gasteiger partial charge in [-0.2, -0.15) is 0 Å². The highest BCUT2D eigenvalue weighted by Gasteiger charge is 2.18. The molecule has 1 amide bonds. The summed E-state index contributed by atoms with van der Waals surface area (Å²) in [6.07, 6.45) is -0.177. The third-order valence-electron chi connectivity index (χ3n) is 1.18. The lowest BCUT2D eigenvalue weighted by Crippen LogP contribution is -2.34. The van der Waals surface area contributed by atoms with E-state index >= 15 is 0 Å². The zero-order chi connectivity index (χ0) is 11.1. The first-order valence-corrected chi connectivity index (χ1v) is 3.50. The van der Waals surface area contributed by atoms with E-state index in [-0.39, 0.29) is 12.8 Å². The highest BCUT2D eigenvalue weighted by Crippen LogP contribution is 1.96. The van der Waals surface area contributed by atoms with Gasteiger partial charge in [-0.15, -0.1) is 10.1 Å². The molecule has 0 aliphatic heterocycles. The summed E-state index contributed by atoms with van der Waals surface area (Å²) in [5, 5.41) is 8.28. The van der Waals surface area contributed by atoms with Gasteiger partial charge in [0.15, 0.2) is 0 Å². The molecule has 4 N–H and O–H groups in total. The van der Waals surface area contributed by atoms with Gasteiger partial charge in [-0.05, 0) is 6.42 Å². The van der Waals surface area contributed by atoms with Gasteiger partial charge in [-0.3, -0.25) is 9.68 Å². The van der Waals surface area contributed by atoms with Gasteiger partial charge in [0.05, 0.1) is 0 Å². The minimum absolute atomic E-state index is 0.0603. The molecule has 0 saturated carbocycles. The highest BCUT2D eigenvalue weighted by atomic mass is 17.3. The molecule has 0 bridgehead atoms. The lowest BCUT2D eigenvalue weighted by atomic mass is 10.2. The number of carbonyl (C=O) groups is 2. The van der Waals surface area contributed by atoms with Crippen molar-refractivity contribution in [2.45, 2.75) is 18.9 Å². The smallest absolute Gasteiger partial charge is 0.359 e. The summed E-state index contributed by atoms with van der Waals surface area (Å²) in [5.74, 6) is -1.77. The van der Waals surface area contributed by atoms with Gasteiger partial charge in [0.2, 0.25) is 5.91 Å². The van der Waals surface area contributed by atoms with E-state index in [1.54, 1.807) is 0 Å². The molecule has 0 aliphatic carbocycles. The van der Waals surface area contributed by atoms with E-state index in [9.17, 15) is 19.7 Å². The van der Waals surface area contributed by atoms with Gasteiger partial charge in [0.25, 0.3) is 0 Å². The number of carbonyl (C=O) groups excluding carboxylic acids is 2. The Bertz CT molecular complexity index is 242. The molecule has 9 nitrogen and oxygen atoms in total. The number of amides is 1. The van der Waals surface area contributed by atoms with E-state index in [0.29, 0.717) is 0 Å². The topological polar surface area (TPSA) is 148 Å². The van der Waals surface area contributed by atoms with Crippen LogP contribution in [-0.2, 0) is 19.5 Å². The number of rotatable bonds is 6. The van der Waals surface area contributed by atoms with Crippen molar-refractivity contribution in [3.8, 4) is 0 Å². The maximum absolute atomic E-state index is 10.7. The van der Waals surface area contributed by atoms with Crippen molar-refractivity contribution >= 4 is 11.9 Å². The monoisotopic (exact) mass is 207 g/mol. The van der Waals surface area contributed by atoms with Crippen molar-refractivity contribution in [1.82, 2.24) is 0 Å². The SMILES string of the molecule is NC(=O)CC[C@H](N)C(=O)OO[N+](=O)[O-]. The Hall–Kier alpha value is -1.90. The third kappa shape index (κ3) is 5.71. The van der Waals surface area contributed by atoms with Crippen molar-refractivity contribution in [2.75, 3.05) is 0 Å². The second-order valence-corrected chi connectivity index (χ2v) is 2.31. The van der Waals surface area contributed by atoms with Crippen LogP contribution in [0, 0.1) is 10.1 Å². The Morgan fingerprint density at radius 3 is 2.50 bits per heavy atom. The van der Waals surface area contributed by atoms with Crippen molar-refractivity contribution in [2.24, 2.45) is 11.5 Å². The summed E-state index contributed by atoms with van der Waals surface area (Å²) in [7, 11) is 0. The van der Waals surface area contributed by atoms with Gasteiger partial charge < -0.3 is 11.5 Å². The van der Waals surface area contributed by atoms with E-state index in [4.69, 9.17) is 11.5 Å². The fourth-order valence-corrected chi connectivity index (χ4v) is 0.545. The Balaban J connectivity index is 3.76. The molecule has 0 aromatic carbocycles. The van der Waals surface area contributed by atoms with Crippen molar-refractivity contribution in [3.63, 3.8) is 0 Å². The molecule has 9 heteroatoms. The number of hydrogen-bond acceptors (Lipinski definition) is 7. The summed E-state index contributed by atoms with van der Waals surface area (Å²) < 4.78 is 0. The lowest BCUT2D eigenvalue weighted by Gasteiger charge is -2.06. The first kappa shape index (κ1) is 12.1. The summed E-state index contributed by atoms with van der Waals surface area (Å²) in [6, 6.07) is -1.18. The van der Waals surface area contributed by atoms with Crippen LogP contribution < -0.4 is 11.5 Å². The van der Waals surface area contributed by atoms with Gasteiger partial charge in [0, 0.05) is 6.42 Å². The van der Waals surface area contributed by atoms with Crippen LogP contribution in [0.25, 0.3) is 0 Å². The largest absolute Gasteiger partial charge is 0.370 e. The molecule has 14 heavy (non-hydrogen) atoms. The average Bonchev–Trinajstić information content (AvgIpc) is 2.09. The van der Waals surface area contributed by atoms with Crippen LogP contribution in [0.4, 0.5) is 0 Å². The van der Waals surface area contributed by atoms with E-state index in [1.807, 2.05) is 0 Å². The van der Waals surface area contributed by atoms with E-state index in [0.717, 1.165) is 0 Å². The predicted octanol–water partition coefficient (Wildman–Crippen LogP) is -1.75. The molecule has 0 fully saturated rings. The zero-order valence-corrected chi connectivity index (χ0v) is 7.04. The zero-order valence-electron chi connectivity index (χ0n) is 7.04. The van der Waals surface area contributed by atoms with Crippen LogP contribution in [0.1, 0.15) is 12.8 Å². The summed E-state index contributed by atoms with van der Waals surface area (Å²) in [4.78, 5) is 37.6. The Morgan fingerprint density at radius 1 is 1.50 bits per heavy atom. The van der Waals surface area contributed by atoms with Crippen LogP contribution >= 0.6 is 0 Å². The van der Waals surface area contributed by atoms with Crippen LogP contribution in [0.2, 0.25) is 0 Å². The number of nitrogens with zero attached hydrogens (tertiary/aromatic N) is 1. The summed E-state index contributed by atoms with van der Waals surface area (Å²) >= 11 is 0. The summed E-state index contributed by atoms with van der Waals surface area (Å²) in [6.45, 7) is 0. The summed E-state index contributed by atoms with van der Waals surface area (Å²) in [5.41, 5.74) is 9.94. The molecule has 0 aromatic heterocycles. The Morgan fingerprint density at radius 2 is 2.07 bits per heavy atom. The van der Waals surface area contributed by atoms with Crippen molar-refractivity contribution in [3.05, 3.63) is 10.1 Å². The van der Waals surface area contributed by atoms with Crippen LogP contribution in [0.15, 0.2) is 0 Å². The molecule has 0 saturated heterocycles. The maximum atomic E-state index is 10.7. The predicted molar refractivity (Wildman–Crippen MR) is 40.6 cm³/mol. The molecule has 0 rings (SSSR count). The molecule has 0 spiro atoms. The maximum Gasteiger partial charge on any atom is 0.359 e. The lowest BCUT2D eigenvalue weighted by molar-refractivity contribution is -0.839. The van der Waals surface area contributed by atoms with Gasteiger partial charge in [-0.25, -0.2) is 4.79 Å². The molecule has 0 aliphatic rings. The molecule has 80 valence electrons. The fourth-order valence-electron chi connectivity index (χ4n) is 0.545. The highest BCUT2D eigenvalue weighted by molar-refractivity contribution is 5.77. The molecule has 1 atom stereocenters. The first-order valence-electron chi connectivity index (χ1n) is 3.50. The van der Waals surface area contributed by atoms with E-state index < -0.39 is 23.0 Å². The number of nitrogens with two attached hydrogens (primary N) is 2. The van der Waals surface area contributed by atoms with Crippen molar-refractivity contribution < 1.29 is 24.6 Å². The van der Waals surface area contributed by atoms with E-state index in [2.05, 4.69) is 9.88 Å². The molecular weight excluding hydrogens is 198 g/mol.